The fourth-order valence-electron chi connectivity index (χ4n) is 4.89. The van der Waals surface area contributed by atoms with Gasteiger partial charge in [0.15, 0.2) is 5.82 Å². The van der Waals surface area contributed by atoms with Gasteiger partial charge >= 0.3 is 0 Å². The molecule has 0 fully saturated rings. The molecule has 188 valence electrons. The lowest BCUT2D eigenvalue weighted by atomic mass is 10.0. The summed E-state index contributed by atoms with van der Waals surface area (Å²) in [5.41, 5.74) is 6.03. The summed E-state index contributed by atoms with van der Waals surface area (Å²) >= 11 is 18.9. The van der Waals surface area contributed by atoms with Gasteiger partial charge in [-0.05, 0) is 73.2 Å². The number of benzene rings is 4. The van der Waals surface area contributed by atoms with Crippen molar-refractivity contribution < 1.29 is 0 Å². The maximum absolute atomic E-state index is 6.31. The van der Waals surface area contributed by atoms with E-state index in [1.165, 1.54) is 0 Å². The van der Waals surface area contributed by atoms with Gasteiger partial charge in [-0.2, -0.15) is 0 Å². The normalized spacial score (nSPS) is 14.9. The molecule has 1 aromatic heterocycles. The highest BCUT2D eigenvalue weighted by molar-refractivity contribution is 6.31. The largest absolute Gasteiger partial charge is 0.342 e. The van der Waals surface area contributed by atoms with Crippen molar-refractivity contribution in [3.8, 4) is 11.4 Å². The molecule has 0 saturated heterocycles. The number of rotatable bonds is 4. The molecule has 4 aromatic carbocycles. The van der Waals surface area contributed by atoms with Crippen LogP contribution in [0.5, 0.6) is 0 Å². The first-order valence-corrected chi connectivity index (χ1v) is 13.4. The lowest BCUT2D eigenvalue weighted by molar-refractivity contribution is 0.586. The van der Waals surface area contributed by atoms with E-state index in [9.17, 15) is 0 Å². The number of hydrogen-bond acceptors (Lipinski definition) is 4. The second-order valence-electron chi connectivity index (χ2n) is 9.18. The lowest BCUT2D eigenvalue weighted by Gasteiger charge is -2.47. The van der Waals surface area contributed by atoms with Gasteiger partial charge in [0.2, 0.25) is 0 Å². The van der Waals surface area contributed by atoms with Gasteiger partial charge in [0.25, 0.3) is 0 Å². The van der Waals surface area contributed by atoms with E-state index in [-0.39, 0.29) is 6.17 Å². The molecule has 1 aliphatic rings. The van der Waals surface area contributed by atoms with Gasteiger partial charge in [-0.1, -0.05) is 77.3 Å². The molecule has 5 aromatic rings. The molecule has 0 spiro atoms. The molecule has 2 heterocycles. The second-order valence-corrected chi connectivity index (χ2v) is 10.5. The molecule has 1 atom stereocenters. The van der Waals surface area contributed by atoms with Crippen LogP contribution in [0.15, 0.2) is 103 Å². The maximum atomic E-state index is 6.31. The Hall–Kier alpha value is -3.57. The van der Waals surface area contributed by atoms with Crippen LogP contribution in [0.3, 0.4) is 0 Å². The lowest BCUT2D eigenvalue weighted by Crippen LogP contribution is -2.44. The number of anilines is 3. The van der Waals surface area contributed by atoms with Crippen molar-refractivity contribution in [3.05, 3.63) is 135 Å². The molecule has 0 radical (unpaired) electrons. The molecular formula is C31H23Cl3N4. The summed E-state index contributed by atoms with van der Waals surface area (Å²) in [6.07, 6.45) is -0.222. The minimum Gasteiger partial charge on any atom is -0.342 e. The molecule has 1 unspecified atom stereocenters. The zero-order valence-electron chi connectivity index (χ0n) is 20.5. The molecule has 0 bridgehead atoms. The molecule has 0 aliphatic carbocycles. The van der Waals surface area contributed by atoms with Crippen molar-refractivity contribution in [1.29, 1.82) is 0 Å². The predicted octanol–water partition coefficient (Wildman–Crippen LogP) is 9.27. The van der Waals surface area contributed by atoms with E-state index in [0.717, 1.165) is 39.6 Å². The van der Waals surface area contributed by atoms with Crippen molar-refractivity contribution in [1.82, 2.24) is 9.97 Å². The number of aromatic nitrogens is 2. The molecule has 0 N–H and O–H groups in total. The van der Waals surface area contributed by atoms with E-state index in [4.69, 9.17) is 44.8 Å². The fourth-order valence-corrected chi connectivity index (χ4v) is 5.27. The number of nitrogens with zero attached hydrogens (tertiary/aromatic N) is 4. The molecule has 7 heteroatoms. The monoisotopic (exact) mass is 556 g/mol. The predicted molar refractivity (Wildman–Crippen MR) is 158 cm³/mol. The highest BCUT2D eigenvalue weighted by Crippen LogP contribution is 2.46. The summed E-state index contributed by atoms with van der Waals surface area (Å²) in [7, 11) is 0. The Morgan fingerprint density at radius 1 is 0.658 bits per heavy atom. The van der Waals surface area contributed by atoms with Crippen molar-refractivity contribution in [2.45, 2.75) is 19.6 Å². The van der Waals surface area contributed by atoms with Crippen LogP contribution < -0.4 is 9.80 Å². The Balaban J connectivity index is 1.62. The first kappa shape index (κ1) is 24.7. The third kappa shape index (κ3) is 4.71. The van der Waals surface area contributed by atoms with E-state index in [1.807, 2.05) is 91.0 Å². The van der Waals surface area contributed by atoms with Crippen LogP contribution in [0.1, 0.15) is 23.0 Å². The van der Waals surface area contributed by atoms with Crippen LogP contribution in [0.2, 0.25) is 15.1 Å². The topological polar surface area (TPSA) is 32.3 Å². The zero-order valence-corrected chi connectivity index (χ0v) is 22.8. The van der Waals surface area contributed by atoms with E-state index in [1.54, 1.807) is 0 Å². The summed E-state index contributed by atoms with van der Waals surface area (Å²) in [6, 6.07) is 33.8. The van der Waals surface area contributed by atoms with Gasteiger partial charge < -0.3 is 9.80 Å². The first-order valence-electron chi connectivity index (χ1n) is 12.2. The van der Waals surface area contributed by atoms with Crippen molar-refractivity contribution in [2.75, 3.05) is 9.80 Å². The molecular weight excluding hydrogens is 535 g/mol. The molecule has 4 nitrogen and oxygen atoms in total. The minimum absolute atomic E-state index is 0.222. The Morgan fingerprint density at radius 3 is 1.82 bits per heavy atom. The van der Waals surface area contributed by atoms with Crippen LogP contribution in [0, 0.1) is 6.92 Å². The maximum Gasteiger partial charge on any atom is 0.161 e. The van der Waals surface area contributed by atoms with Crippen molar-refractivity contribution in [3.63, 3.8) is 0 Å². The highest BCUT2D eigenvalue weighted by atomic mass is 35.5. The van der Waals surface area contributed by atoms with Crippen molar-refractivity contribution >= 4 is 52.0 Å². The van der Waals surface area contributed by atoms with Gasteiger partial charge in [0.1, 0.15) is 12.0 Å². The molecule has 0 saturated carbocycles. The third-order valence-electron chi connectivity index (χ3n) is 6.75. The van der Waals surface area contributed by atoms with Crippen LogP contribution in [-0.2, 0) is 6.54 Å². The van der Waals surface area contributed by atoms with Crippen LogP contribution in [0.4, 0.5) is 17.2 Å². The van der Waals surface area contributed by atoms with Gasteiger partial charge in [0, 0.05) is 43.3 Å². The smallest absolute Gasteiger partial charge is 0.161 e. The summed E-state index contributed by atoms with van der Waals surface area (Å²) < 4.78 is 0. The Morgan fingerprint density at radius 2 is 1.21 bits per heavy atom. The van der Waals surface area contributed by atoms with Crippen molar-refractivity contribution in [2.24, 2.45) is 0 Å². The quantitative estimate of drug-likeness (QED) is 0.220. The molecule has 38 heavy (non-hydrogen) atoms. The average molecular weight is 558 g/mol. The van der Waals surface area contributed by atoms with Crippen LogP contribution in [0.25, 0.3) is 11.4 Å². The van der Waals surface area contributed by atoms with E-state index < -0.39 is 0 Å². The fraction of sp³-hybridized carbons (Fsp3) is 0.0968. The highest BCUT2D eigenvalue weighted by Gasteiger charge is 2.37. The SMILES string of the molecule is Cc1nc(-c2ccccc2)nc2c1CN(c1ccc(Cl)cc1)C(c1ccc(Cl)cc1)N2c1ccc(Cl)cc1. The van der Waals surface area contributed by atoms with E-state index in [2.05, 4.69) is 28.9 Å². The summed E-state index contributed by atoms with van der Waals surface area (Å²) in [4.78, 5) is 14.7. The molecule has 0 amide bonds. The number of hydrogen-bond donors (Lipinski definition) is 0. The van der Waals surface area contributed by atoms with Gasteiger partial charge in [0.05, 0.1) is 6.54 Å². The summed E-state index contributed by atoms with van der Waals surface area (Å²) in [5, 5.41) is 2.05. The van der Waals surface area contributed by atoms with Gasteiger partial charge in [-0.3, -0.25) is 0 Å². The Labute approximate surface area is 237 Å². The zero-order chi connectivity index (χ0) is 26.2. The molecule has 6 rings (SSSR count). The number of halogens is 3. The number of fused-ring (bicyclic) bond motifs is 1. The first-order chi connectivity index (χ1) is 18.5. The molecule has 1 aliphatic heterocycles. The minimum atomic E-state index is -0.222. The van der Waals surface area contributed by atoms with Crippen LogP contribution in [-0.4, -0.2) is 9.97 Å². The third-order valence-corrected chi connectivity index (χ3v) is 7.51. The second kappa shape index (κ2) is 10.3. The standard InChI is InChI=1S/C31H23Cl3N4/c1-20-28-19-37(26-15-11-24(33)12-16-26)31(22-7-9-23(32)10-8-22)38(27-17-13-25(34)14-18-27)30(28)36-29(35-20)21-5-3-2-4-6-21/h2-18,31H,19H2,1H3. The average Bonchev–Trinajstić information content (AvgIpc) is 2.94. The van der Waals surface area contributed by atoms with Gasteiger partial charge in [-0.25, -0.2) is 9.97 Å². The Kier molecular flexibility index (Phi) is 6.71. The van der Waals surface area contributed by atoms with E-state index >= 15 is 0 Å². The number of aryl methyl sites for hydroxylation is 1. The van der Waals surface area contributed by atoms with Gasteiger partial charge in [-0.15, -0.1) is 0 Å². The summed E-state index contributed by atoms with van der Waals surface area (Å²) in [6.45, 7) is 2.67. The Bertz CT molecular complexity index is 1570. The van der Waals surface area contributed by atoms with Crippen LogP contribution >= 0.6 is 34.8 Å². The summed E-state index contributed by atoms with van der Waals surface area (Å²) in [5.74, 6) is 1.56. The van der Waals surface area contributed by atoms with E-state index in [0.29, 0.717) is 27.4 Å².